The van der Waals surface area contributed by atoms with Gasteiger partial charge in [-0.1, -0.05) is 11.6 Å². The maximum atomic E-state index is 5.95. The minimum absolute atomic E-state index is 0.622. The molecule has 5 nitrogen and oxygen atoms in total. The molecule has 0 unspecified atom stereocenters. The standard InChI is InChI=1S/C10H12ClN5/c1-16-7-14-10(15-16)3-5-13-9-2-4-12-6-8(9)11/h2,4,6-7H,3,5H2,1H3,(H,12,13). The predicted octanol–water partition coefficient (Wildman–Crippen LogP) is 1.52. The third-order valence-electron chi connectivity index (χ3n) is 2.08. The van der Waals surface area contributed by atoms with Gasteiger partial charge in [0, 0.05) is 32.4 Å². The summed E-state index contributed by atoms with van der Waals surface area (Å²) in [4.78, 5) is 8.05. The van der Waals surface area contributed by atoms with Crippen LogP contribution in [0.15, 0.2) is 24.8 Å². The summed E-state index contributed by atoms with van der Waals surface area (Å²) >= 11 is 5.95. The molecule has 0 bridgehead atoms. The number of halogens is 1. The highest BCUT2D eigenvalue weighted by Gasteiger charge is 2.00. The van der Waals surface area contributed by atoms with Crippen molar-refractivity contribution in [3.8, 4) is 0 Å². The SMILES string of the molecule is Cn1cnc(CCNc2ccncc2Cl)n1. The lowest BCUT2D eigenvalue weighted by Crippen LogP contribution is -2.06. The highest BCUT2D eigenvalue weighted by atomic mass is 35.5. The van der Waals surface area contributed by atoms with E-state index in [1.165, 1.54) is 0 Å². The number of hydrogen-bond donors (Lipinski definition) is 1. The quantitative estimate of drug-likeness (QED) is 0.876. The summed E-state index contributed by atoms with van der Waals surface area (Å²) in [5, 5.41) is 8.02. The molecule has 0 aromatic carbocycles. The van der Waals surface area contributed by atoms with Crippen LogP contribution in [0.25, 0.3) is 0 Å². The second-order valence-electron chi connectivity index (χ2n) is 3.37. The van der Waals surface area contributed by atoms with Gasteiger partial charge in [-0.2, -0.15) is 5.10 Å². The first-order valence-electron chi connectivity index (χ1n) is 4.93. The molecule has 2 rings (SSSR count). The van der Waals surface area contributed by atoms with E-state index in [1.54, 1.807) is 23.4 Å². The normalized spacial score (nSPS) is 10.4. The van der Waals surface area contributed by atoms with Gasteiger partial charge in [-0.25, -0.2) is 4.98 Å². The van der Waals surface area contributed by atoms with Crippen molar-refractivity contribution in [2.75, 3.05) is 11.9 Å². The molecule has 0 spiro atoms. The minimum atomic E-state index is 0.622. The van der Waals surface area contributed by atoms with Gasteiger partial charge in [0.05, 0.1) is 10.7 Å². The van der Waals surface area contributed by atoms with E-state index in [-0.39, 0.29) is 0 Å². The van der Waals surface area contributed by atoms with Gasteiger partial charge in [0.1, 0.15) is 6.33 Å². The Morgan fingerprint density at radius 1 is 1.50 bits per heavy atom. The first kappa shape index (κ1) is 10.9. The average Bonchev–Trinajstić information content (AvgIpc) is 2.67. The van der Waals surface area contributed by atoms with Crippen molar-refractivity contribution in [3.63, 3.8) is 0 Å². The van der Waals surface area contributed by atoms with Crippen molar-refractivity contribution in [3.05, 3.63) is 35.6 Å². The molecule has 0 aliphatic rings. The van der Waals surface area contributed by atoms with Gasteiger partial charge in [-0.15, -0.1) is 0 Å². The van der Waals surface area contributed by atoms with Crippen LogP contribution in [-0.4, -0.2) is 26.3 Å². The van der Waals surface area contributed by atoms with Gasteiger partial charge in [0.2, 0.25) is 0 Å². The molecular formula is C10H12ClN5. The van der Waals surface area contributed by atoms with Gasteiger partial charge in [-0.3, -0.25) is 9.67 Å². The van der Waals surface area contributed by atoms with Crippen molar-refractivity contribution in [2.24, 2.45) is 7.05 Å². The van der Waals surface area contributed by atoms with Gasteiger partial charge in [0.15, 0.2) is 5.82 Å². The molecule has 6 heteroatoms. The Labute approximate surface area is 98.5 Å². The lowest BCUT2D eigenvalue weighted by atomic mass is 10.3. The van der Waals surface area contributed by atoms with Crippen LogP contribution in [-0.2, 0) is 13.5 Å². The van der Waals surface area contributed by atoms with Crippen LogP contribution in [0, 0.1) is 0 Å². The maximum absolute atomic E-state index is 5.95. The summed E-state index contributed by atoms with van der Waals surface area (Å²) in [6, 6.07) is 1.84. The van der Waals surface area contributed by atoms with Crippen LogP contribution < -0.4 is 5.32 Å². The molecule has 0 fully saturated rings. The summed E-state index contributed by atoms with van der Waals surface area (Å²) in [5.74, 6) is 0.820. The number of hydrogen-bond acceptors (Lipinski definition) is 4. The molecule has 0 saturated heterocycles. The van der Waals surface area contributed by atoms with E-state index in [9.17, 15) is 0 Å². The molecule has 2 heterocycles. The number of nitrogens with zero attached hydrogens (tertiary/aromatic N) is 4. The fourth-order valence-corrected chi connectivity index (χ4v) is 1.51. The maximum Gasteiger partial charge on any atom is 0.152 e. The molecule has 84 valence electrons. The lowest BCUT2D eigenvalue weighted by Gasteiger charge is -2.05. The number of rotatable bonds is 4. The van der Waals surface area contributed by atoms with E-state index >= 15 is 0 Å². The van der Waals surface area contributed by atoms with Crippen LogP contribution >= 0.6 is 11.6 Å². The van der Waals surface area contributed by atoms with Crippen molar-refractivity contribution in [1.29, 1.82) is 0 Å². The van der Waals surface area contributed by atoms with Crippen molar-refractivity contribution >= 4 is 17.3 Å². The fraction of sp³-hybridized carbons (Fsp3) is 0.300. The zero-order valence-electron chi connectivity index (χ0n) is 8.89. The van der Waals surface area contributed by atoms with E-state index < -0.39 is 0 Å². The fourth-order valence-electron chi connectivity index (χ4n) is 1.33. The number of aryl methyl sites for hydroxylation is 1. The van der Waals surface area contributed by atoms with Gasteiger partial charge in [-0.05, 0) is 6.07 Å². The molecule has 0 atom stereocenters. The Balaban J connectivity index is 1.87. The van der Waals surface area contributed by atoms with Crippen molar-refractivity contribution < 1.29 is 0 Å². The monoisotopic (exact) mass is 237 g/mol. The smallest absolute Gasteiger partial charge is 0.152 e. The zero-order valence-corrected chi connectivity index (χ0v) is 9.65. The molecule has 1 N–H and O–H groups in total. The molecule has 0 aliphatic heterocycles. The van der Waals surface area contributed by atoms with E-state index in [0.29, 0.717) is 5.02 Å². The predicted molar refractivity (Wildman–Crippen MR) is 62.4 cm³/mol. The Kier molecular flexibility index (Phi) is 3.36. The summed E-state index contributed by atoms with van der Waals surface area (Å²) in [6.07, 6.45) is 5.77. The third-order valence-corrected chi connectivity index (χ3v) is 2.38. The minimum Gasteiger partial charge on any atom is -0.383 e. The average molecular weight is 238 g/mol. The van der Waals surface area contributed by atoms with Crippen LogP contribution in [0.4, 0.5) is 5.69 Å². The summed E-state index contributed by atoms with van der Waals surface area (Å²) in [7, 11) is 1.85. The Bertz CT molecular complexity index is 468. The van der Waals surface area contributed by atoms with E-state index in [4.69, 9.17) is 11.6 Å². The molecule has 0 saturated carbocycles. The van der Waals surface area contributed by atoms with E-state index in [0.717, 1.165) is 24.5 Å². The molecule has 0 aliphatic carbocycles. The Morgan fingerprint density at radius 2 is 2.38 bits per heavy atom. The van der Waals surface area contributed by atoms with Gasteiger partial charge < -0.3 is 5.32 Å². The van der Waals surface area contributed by atoms with Crippen LogP contribution in [0.3, 0.4) is 0 Å². The van der Waals surface area contributed by atoms with Crippen molar-refractivity contribution in [1.82, 2.24) is 19.7 Å². The summed E-state index contributed by atoms with van der Waals surface area (Å²) in [6.45, 7) is 0.744. The Morgan fingerprint density at radius 3 is 3.06 bits per heavy atom. The molecule has 16 heavy (non-hydrogen) atoms. The van der Waals surface area contributed by atoms with E-state index in [1.807, 2.05) is 13.1 Å². The molecular weight excluding hydrogens is 226 g/mol. The molecule has 2 aromatic rings. The second-order valence-corrected chi connectivity index (χ2v) is 3.77. The lowest BCUT2D eigenvalue weighted by molar-refractivity contribution is 0.742. The topological polar surface area (TPSA) is 55.6 Å². The molecule has 0 amide bonds. The number of anilines is 1. The summed E-state index contributed by atoms with van der Waals surface area (Å²) in [5.41, 5.74) is 0.882. The number of aromatic nitrogens is 4. The van der Waals surface area contributed by atoms with E-state index in [2.05, 4.69) is 20.4 Å². The molecule has 2 aromatic heterocycles. The number of nitrogens with one attached hydrogen (secondary N) is 1. The highest BCUT2D eigenvalue weighted by Crippen LogP contribution is 2.18. The first-order valence-corrected chi connectivity index (χ1v) is 5.31. The van der Waals surface area contributed by atoms with Gasteiger partial charge in [0.25, 0.3) is 0 Å². The van der Waals surface area contributed by atoms with Crippen LogP contribution in [0.1, 0.15) is 5.82 Å². The zero-order chi connectivity index (χ0) is 11.4. The summed E-state index contributed by atoms with van der Waals surface area (Å²) < 4.78 is 1.69. The first-order chi connectivity index (χ1) is 7.75. The van der Waals surface area contributed by atoms with Gasteiger partial charge >= 0.3 is 0 Å². The Hall–Kier alpha value is -1.62. The third kappa shape index (κ3) is 2.70. The number of pyridine rings is 1. The van der Waals surface area contributed by atoms with Crippen LogP contribution in [0.5, 0.6) is 0 Å². The largest absolute Gasteiger partial charge is 0.383 e. The molecule has 0 radical (unpaired) electrons. The van der Waals surface area contributed by atoms with Crippen LogP contribution in [0.2, 0.25) is 5.02 Å². The highest BCUT2D eigenvalue weighted by molar-refractivity contribution is 6.33. The van der Waals surface area contributed by atoms with Crippen molar-refractivity contribution in [2.45, 2.75) is 6.42 Å². The second kappa shape index (κ2) is 4.94.